The SMILES string of the molecule is CNCC1CCCN(S(=O)(=O)c2ccc(S(=O)(=O)NC)c(C)c2)C1.Cl. The molecule has 1 atom stereocenters. The van der Waals surface area contributed by atoms with Gasteiger partial charge in [0, 0.05) is 13.1 Å². The Morgan fingerprint density at radius 1 is 1.20 bits per heavy atom. The largest absolute Gasteiger partial charge is 0.319 e. The van der Waals surface area contributed by atoms with Crippen molar-refractivity contribution in [1.82, 2.24) is 14.3 Å². The van der Waals surface area contributed by atoms with Crippen molar-refractivity contribution in [2.45, 2.75) is 29.6 Å². The molecule has 7 nitrogen and oxygen atoms in total. The van der Waals surface area contributed by atoms with Gasteiger partial charge in [0.25, 0.3) is 0 Å². The summed E-state index contributed by atoms with van der Waals surface area (Å²) in [5.41, 5.74) is 0.411. The molecule has 0 radical (unpaired) electrons. The summed E-state index contributed by atoms with van der Waals surface area (Å²) >= 11 is 0. The maximum absolute atomic E-state index is 12.9. The van der Waals surface area contributed by atoms with E-state index < -0.39 is 20.0 Å². The van der Waals surface area contributed by atoms with Crippen LogP contribution in [0.1, 0.15) is 18.4 Å². The minimum absolute atomic E-state index is 0. The molecule has 1 heterocycles. The lowest BCUT2D eigenvalue weighted by Gasteiger charge is -2.32. The second kappa shape index (κ2) is 8.79. The highest BCUT2D eigenvalue weighted by molar-refractivity contribution is 7.89. The molecule has 1 aromatic rings. The molecule has 1 fully saturated rings. The number of nitrogens with zero attached hydrogens (tertiary/aromatic N) is 1. The molecule has 0 spiro atoms. The van der Waals surface area contributed by atoms with Crippen LogP contribution in [0.2, 0.25) is 0 Å². The van der Waals surface area contributed by atoms with Crippen molar-refractivity contribution in [3.8, 4) is 0 Å². The Labute approximate surface area is 156 Å². The summed E-state index contributed by atoms with van der Waals surface area (Å²) in [6, 6.07) is 4.15. The molecule has 144 valence electrons. The van der Waals surface area contributed by atoms with Crippen molar-refractivity contribution in [2.24, 2.45) is 5.92 Å². The summed E-state index contributed by atoms with van der Waals surface area (Å²) < 4.78 is 53.3. The Morgan fingerprint density at radius 2 is 1.88 bits per heavy atom. The van der Waals surface area contributed by atoms with Crippen LogP contribution in [0.15, 0.2) is 28.0 Å². The Morgan fingerprint density at radius 3 is 2.44 bits per heavy atom. The van der Waals surface area contributed by atoms with E-state index in [0.717, 1.165) is 19.4 Å². The van der Waals surface area contributed by atoms with Gasteiger partial charge in [-0.2, -0.15) is 4.31 Å². The number of hydrogen-bond acceptors (Lipinski definition) is 5. The zero-order chi connectivity index (χ0) is 18.0. The molecule has 0 saturated carbocycles. The number of hydrogen-bond donors (Lipinski definition) is 2. The Bertz CT molecular complexity index is 795. The quantitative estimate of drug-likeness (QED) is 0.726. The summed E-state index contributed by atoms with van der Waals surface area (Å²) in [6.45, 7) is 3.37. The molecule has 10 heteroatoms. The zero-order valence-electron chi connectivity index (χ0n) is 14.6. The highest BCUT2D eigenvalue weighted by atomic mass is 35.5. The third kappa shape index (κ3) is 4.93. The number of nitrogens with one attached hydrogen (secondary N) is 2. The van der Waals surface area contributed by atoms with E-state index in [1.807, 2.05) is 7.05 Å². The van der Waals surface area contributed by atoms with Crippen LogP contribution in [-0.2, 0) is 20.0 Å². The van der Waals surface area contributed by atoms with Crippen LogP contribution >= 0.6 is 12.4 Å². The lowest BCUT2D eigenvalue weighted by molar-refractivity contribution is 0.263. The van der Waals surface area contributed by atoms with Crippen molar-refractivity contribution < 1.29 is 16.8 Å². The van der Waals surface area contributed by atoms with Crippen molar-refractivity contribution in [2.75, 3.05) is 33.7 Å². The molecule has 1 aliphatic heterocycles. The third-order valence-corrected chi connectivity index (χ3v) is 7.75. The van der Waals surface area contributed by atoms with Crippen LogP contribution in [0, 0.1) is 12.8 Å². The number of halogens is 1. The minimum Gasteiger partial charge on any atom is -0.319 e. The van der Waals surface area contributed by atoms with Crippen molar-refractivity contribution in [3.63, 3.8) is 0 Å². The highest BCUT2D eigenvalue weighted by Gasteiger charge is 2.30. The van der Waals surface area contributed by atoms with E-state index in [0.29, 0.717) is 24.6 Å². The number of piperidine rings is 1. The van der Waals surface area contributed by atoms with Gasteiger partial charge in [0.15, 0.2) is 0 Å². The summed E-state index contributed by atoms with van der Waals surface area (Å²) in [5.74, 6) is 0.295. The second-order valence-corrected chi connectivity index (χ2v) is 9.86. The standard InChI is InChI=1S/C15H25N3O4S2.ClH/c1-12-9-14(6-7-15(12)23(19,20)17-3)24(21,22)18-8-4-5-13(11-18)10-16-2;/h6-7,9,13,16-17H,4-5,8,10-11H2,1-3H3;1H. The third-order valence-electron chi connectivity index (χ3n) is 4.32. The molecule has 0 amide bonds. The summed E-state index contributed by atoms with van der Waals surface area (Å²) in [4.78, 5) is 0.232. The first kappa shape index (κ1) is 22.3. The average molecular weight is 412 g/mol. The Kier molecular flexibility index (Phi) is 7.85. The predicted octanol–water partition coefficient (Wildman–Crippen LogP) is 0.945. The second-order valence-electron chi connectivity index (χ2n) is 6.06. The van der Waals surface area contributed by atoms with Gasteiger partial charge in [0.1, 0.15) is 0 Å². The minimum atomic E-state index is -3.61. The van der Waals surface area contributed by atoms with Crippen molar-refractivity contribution in [3.05, 3.63) is 23.8 Å². The van der Waals surface area contributed by atoms with Crippen molar-refractivity contribution >= 4 is 32.5 Å². The maximum Gasteiger partial charge on any atom is 0.243 e. The van der Waals surface area contributed by atoms with E-state index in [1.54, 1.807) is 6.92 Å². The van der Waals surface area contributed by atoms with E-state index in [-0.39, 0.29) is 22.2 Å². The molecule has 0 aliphatic carbocycles. The summed E-state index contributed by atoms with van der Waals surface area (Å²) in [6.07, 6.45) is 1.84. The van der Waals surface area contributed by atoms with Gasteiger partial charge in [-0.05, 0) is 70.1 Å². The fourth-order valence-corrected chi connectivity index (χ4v) is 5.63. The lowest BCUT2D eigenvalue weighted by atomic mass is 10.00. The Balaban J connectivity index is 0.00000312. The molecule has 0 aromatic heterocycles. The van der Waals surface area contributed by atoms with Gasteiger partial charge in [-0.25, -0.2) is 21.6 Å². The van der Waals surface area contributed by atoms with E-state index in [4.69, 9.17) is 0 Å². The van der Waals surface area contributed by atoms with Gasteiger partial charge in [-0.15, -0.1) is 12.4 Å². The first-order chi connectivity index (χ1) is 11.2. The summed E-state index contributed by atoms with van der Waals surface area (Å²) in [5, 5.41) is 3.09. The smallest absolute Gasteiger partial charge is 0.243 e. The first-order valence-electron chi connectivity index (χ1n) is 7.91. The van der Waals surface area contributed by atoms with Gasteiger partial charge < -0.3 is 5.32 Å². The van der Waals surface area contributed by atoms with Crippen molar-refractivity contribution in [1.29, 1.82) is 0 Å². The van der Waals surface area contributed by atoms with Crippen LogP contribution < -0.4 is 10.0 Å². The molecule has 25 heavy (non-hydrogen) atoms. The van der Waals surface area contributed by atoms with Crippen LogP contribution in [-0.4, -0.2) is 54.9 Å². The maximum atomic E-state index is 12.9. The normalized spacial score (nSPS) is 19.4. The lowest BCUT2D eigenvalue weighted by Crippen LogP contribution is -2.42. The van der Waals surface area contributed by atoms with Crippen LogP contribution in [0.5, 0.6) is 0 Å². The topological polar surface area (TPSA) is 95.6 Å². The van der Waals surface area contributed by atoms with Gasteiger partial charge in [-0.1, -0.05) is 0 Å². The van der Waals surface area contributed by atoms with Gasteiger partial charge in [0.2, 0.25) is 20.0 Å². The number of aryl methyl sites for hydroxylation is 1. The van der Waals surface area contributed by atoms with Gasteiger partial charge >= 0.3 is 0 Å². The molecular weight excluding hydrogens is 386 g/mol. The van der Waals surface area contributed by atoms with Gasteiger partial charge in [-0.3, -0.25) is 0 Å². The molecule has 1 aliphatic rings. The Hall–Kier alpha value is -0.710. The molecule has 2 N–H and O–H groups in total. The molecule has 1 aromatic carbocycles. The molecule has 0 bridgehead atoms. The molecule has 1 saturated heterocycles. The van der Waals surface area contributed by atoms with Crippen LogP contribution in [0.25, 0.3) is 0 Å². The van der Waals surface area contributed by atoms with E-state index in [9.17, 15) is 16.8 Å². The number of sulfonamides is 2. The number of rotatable bonds is 6. The predicted molar refractivity (Wildman–Crippen MR) is 100 cm³/mol. The fraction of sp³-hybridized carbons (Fsp3) is 0.600. The van der Waals surface area contributed by atoms with E-state index in [2.05, 4.69) is 10.0 Å². The zero-order valence-corrected chi connectivity index (χ0v) is 17.1. The van der Waals surface area contributed by atoms with Gasteiger partial charge in [0.05, 0.1) is 9.79 Å². The van der Waals surface area contributed by atoms with E-state index in [1.165, 1.54) is 29.6 Å². The van der Waals surface area contributed by atoms with E-state index >= 15 is 0 Å². The van der Waals surface area contributed by atoms with Crippen LogP contribution in [0.3, 0.4) is 0 Å². The molecular formula is C15H26ClN3O4S2. The summed E-state index contributed by atoms with van der Waals surface area (Å²) in [7, 11) is -4.03. The van der Waals surface area contributed by atoms with Crippen LogP contribution in [0.4, 0.5) is 0 Å². The number of benzene rings is 1. The molecule has 1 unspecified atom stereocenters. The monoisotopic (exact) mass is 411 g/mol. The molecule has 2 rings (SSSR count). The average Bonchev–Trinajstić information content (AvgIpc) is 2.55. The fourth-order valence-electron chi connectivity index (χ4n) is 3.04. The highest BCUT2D eigenvalue weighted by Crippen LogP contribution is 2.26. The first-order valence-corrected chi connectivity index (χ1v) is 10.8.